The first kappa shape index (κ1) is 12.9. The Bertz CT molecular complexity index is 696. The Kier molecular flexibility index (Phi) is 3.78. The number of nitrogens with one attached hydrogen (secondary N) is 1. The van der Waals surface area contributed by atoms with Crippen molar-refractivity contribution in [2.45, 2.75) is 23.4 Å². The second-order valence-corrected chi connectivity index (χ2v) is 5.17. The van der Waals surface area contributed by atoms with Crippen LogP contribution in [-0.2, 0) is 0 Å². The number of hydrogen-bond acceptors (Lipinski definition) is 6. The maximum atomic E-state index is 4.61. The predicted molar refractivity (Wildman–Crippen MR) is 77.9 cm³/mol. The van der Waals surface area contributed by atoms with Gasteiger partial charge in [0.2, 0.25) is 0 Å². The minimum absolute atomic E-state index is 0.803. The van der Waals surface area contributed by atoms with Crippen LogP contribution in [0.5, 0.6) is 0 Å². The summed E-state index contributed by atoms with van der Waals surface area (Å²) in [5.74, 6) is 0.837. The van der Waals surface area contributed by atoms with Gasteiger partial charge in [-0.2, -0.15) is 0 Å². The van der Waals surface area contributed by atoms with E-state index in [0.29, 0.717) is 0 Å². The maximum absolute atomic E-state index is 4.61. The summed E-state index contributed by atoms with van der Waals surface area (Å²) in [6.07, 6.45) is 11.7. The molecule has 0 radical (unpaired) electrons. The first-order valence-corrected chi connectivity index (χ1v) is 7.20. The number of nitrogens with zero attached hydrogens (tertiary/aromatic N) is 5. The van der Waals surface area contributed by atoms with Gasteiger partial charge in [-0.05, 0) is 18.2 Å². The lowest BCUT2D eigenvalue weighted by atomic mass is 10.5. The van der Waals surface area contributed by atoms with Crippen LogP contribution in [0.1, 0.15) is 13.3 Å². The summed E-state index contributed by atoms with van der Waals surface area (Å²) in [6.45, 7) is 3.01. The minimum Gasteiger partial charge on any atom is -0.369 e. The number of fused-ring (bicyclic) bond motifs is 1. The molecule has 20 heavy (non-hydrogen) atoms. The Morgan fingerprint density at radius 3 is 3.00 bits per heavy atom. The zero-order chi connectivity index (χ0) is 13.8. The zero-order valence-electron chi connectivity index (χ0n) is 11.0. The normalized spacial score (nSPS) is 10.8. The highest BCUT2D eigenvalue weighted by molar-refractivity contribution is 7.99. The van der Waals surface area contributed by atoms with E-state index < -0.39 is 0 Å². The third kappa shape index (κ3) is 2.72. The van der Waals surface area contributed by atoms with Crippen molar-refractivity contribution in [1.82, 2.24) is 24.3 Å². The third-order valence-electron chi connectivity index (χ3n) is 2.64. The van der Waals surface area contributed by atoms with E-state index >= 15 is 0 Å². The highest BCUT2D eigenvalue weighted by Gasteiger charge is 2.10. The smallest absolute Gasteiger partial charge is 0.170 e. The topological polar surface area (TPSA) is 68.0 Å². The molecular weight excluding hydrogens is 272 g/mol. The molecule has 0 atom stereocenters. The van der Waals surface area contributed by atoms with Crippen LogP contribution in [0, 0.1) is 0 Å². The van der Waals surface area contributed by atoms with Crippen molar-refractivity contribution in [3.63, 3.8) is 0 Å². The molecule has 0 saturated carbocycles. The average Bonchev–Trinajstić information content (AvgIpc) is 2.95. The Balaban J connectivity index is 1.97. The van der Waals surface area contributed by atoms with Crippen LogP contribution in [0.25, 0.3) is 5.65 Å². The lowest BCUT2D eigenvalue weighted by Gasteiger charge is -2.08. The third-order valence-corrected chi connectivity index (χ3v) is 3.53. The lowest BCUT2D eigenvalue weighted by molar-refractivity contribution is 0.943. The summed E-state index contributed by atoms with van der Waals surface area (Å²) >= 11 is 1.46. The van der Waals surface area contributed by atoms with Crippen molar-refractivity contribution in [2.24, 2.45) is 0 Å². The molecule has 0 fully saturated rings. The number of imidazole rings is 1. The van der Waals surface area contributed by atoms with E-state index in [1.165, 1.54) is 11.8 Å². The van der Waals surface area contributed by atoms with Gasteiger partial charge >= 0.3 is 0 Å². The summed E-state index contributed by atoms with van der Waals surface area (Å²) in [5.41, 5.74) is 0.822. The first-order valence-electron chi connectivity index (χ1n) is 6.38. The molecule has 0 aromatic carbocycles. The fourth-order valence-corrected chi connectivity index (χ4v) is 2.57. The molecule has 102 valence electrons. The Hall–Kier alpha value is -2.15. The van der Waals surface area contributed by atoms with E-state index in [4.69, 9.17) is 0 Å². The van der Waals surface area contributed by atoms with Crippen molar-refractivity contribution in [3.8, 4) is 0 Å². The first-order chi connectivity index (χ1) is 9.86. The summed E-state index contributed by atoms with van der Waals surface area (Å²) in [6, 6.07) is 0. The monoisotopic (exact) mass is 286 g/mol. The molecule has 0 unspecified atom stereocenters. The molecule has 0 aliphatic rings. The van der Waals surface area contributed by atoms with Crippen LogP contribution in [-0.4, -0.2) is 30.9 Å². The van der Waals surface area contributed by atoms with Crippen molar-refractivity contribution < 1.29 is 0 Å². The van der Waals surface area contributed by atoms with Crippen molar-refractivity contribution >= 4 is 23.2 Å². The van der Waals surface area contributed by atoms with Gasteiger partial charge in [0.1, 0.15) is 15.9 Å². The highest BCUT2D eigenvalue weighted by atomic mass is 32.2. The molecule has 0 spiro atoms. The van der Waals surface area contributed by atoms with E-state index in [2.05, 4.69) is 32.2 Å². The quantitative estimate of drug-likeness (QED) is 0.777. The molecule has 3 heterocycles. The van der Waals surface area contributed by atoms with Gasteiger partial charge in [-0.1, -0.05) is 6.92 Å². The second kappa shape index (κ2) is 5.87. The number of aromatic nitrogens is 5. The SMILES string of the molecule is CCCNc1cn2ccnc2c(Sc2cnccn2)n1. The number of rotatable bonds is 5. The van der Waals surface area contributed by atoms with Crippen molar-refractivity contribution in [3.05, 3.63) is 37.2 Å². The van der Waals surface area contributed by atoms with Gasteiger partial charge in [0.15, 0.2) is 5.65 Å². The Labute approximate surface area is 120 Å². The average molecular weight is 286 g/mol. The lowest BCUT2D eigenvalue weighted by Crippen LogP contribution is -2.04. The van der Waals surface area contributed by atoms with E-state index in [1.807, 2.05) is 16.8 Å². The fraction of sp³-hybridized carbons (Fsp3) is 0.231. The Morgan fingerprint density at radius 2 is 2.20 bits per heavy atom. The summed E-state index contributed by atoms with van der Waals surface area (Å²) < 4.78 is 1.96. The molecule has 3 aromatic heterocycles. The van der Waals surface area contributed by atoms with Crippen molar-refractivity contribution in [2.75, 3.05) is 11.9 Å². The Morgan fingerprint density at radius 1 is 1.25 bits per heavy atom. The van der Waals surface area contributed by atoms with Crippen LogP contribution < -0.4 is 5.32 Å². The van der Waals surface area contributed by atoms with Crippen LogP contribution in [0.15, 0.2) is 47.2 Å². The molecular formula is C13H14N6S. The molecule has 0 aliphatic heterocycles. The molecule has 3 rings (SSSR count). The molecule has 7 heteroatoms. The maximum Gasteiger partial charge on any atom is 0.170 e. The number of hydrogen-bond donors (Lipinski definition) is 1. The van der Waals surface area contributed by atoms with Gasteiger partial charge in [-0.25, -0.2) is 15.0 Å². The van der Waals surface area contributed by atoms with Crippen LogP contribution in [0.2, 0.25) is 0 Å². The standard InChI is InChI=1S/C13H14N6S/c1-2-3-15-10-9-19-7-6-17-12(19)13(18-10)20-11-8-14-4-5-16-11/h4-9,15H,2-3H2,1H3. The van der Waals surface area contributed by atoms with Crippen LogP contribution in [0.3, 0.4) is 0 Å². The van der Waals surface area contributed by atoms with E-state index in [1.54, 1.807) is 24.8 Å². The van der Waals surface area contributed by atoms with E-state index in [0.717, 1.165) is 34.5 Å². The summed E-state index contributed by atoms with van der Waals surface area (Å²) in [7, 11) is 0. The van der Waals surface area contributed by atoms with Gasteiger partial charge < -0.3 is 9.72 Å². The predicted octanol–water partition coefficient (Wildman–Crippen LogP) is 2.49. The highest BCUT2D eigenvalue weighted by Crippen LogP contribution is 2.27. The molecule has 0 bridgehead atoms. The number of anilines is 1. The van der Waals surface area contributed by atoms with Crippen LogP contribution >= 0.6 is 11.8 Å². The van der Waals surface area contributed by atoms with Crippen molar-refractivity contribution in [1.29, 1.82) is 0 Å². The second-order valence-electron chi connectivity index (χ2n) is 4.16. The van der Waals surface area contributed by atoms with Gasteiger partial charge in [-0.3, -0.25) is 4.98 Å². The summed E-state index contributed by atoms with van der Waals surface area (Å²) in [4.78, 5) is 17.3. The minimum atomic E-state index is 0.803. The fourth-order valence-electron chi connectivity index (χ4n) is 1.75. The van der Waals surface area contributed by atoms with Gasteiger partial charge in [0.05, 0.1) is 12.4 Å². The van der Waals surface area contributed by atoms with Crippen LogP contribution in [0.4, 0.5) is 5.82 Å². The largest absolute Gasteiger partial charge is 0.369 e. The molecule has 0 amide bonds. The molecule has 1 N–H and O–H groups in total. The van der Waals surface area contributed by atoms with Gasteiger partial charge in [0.25, 0.3) is 0 Å². The molecule has 0 aliphatic carbocycles. The zero-order valence-corrected chi connectivity index (χ0v) is 11.8. The van der Waals surface area contributed by atoms with Gasteiger partial charge in [0, 0.05) is 31.3 Å². The van der Waals surface area contributed by atoms with E-state index in [9.17, 15) is 0 Å². The van der Waals surface area contributed by atoms with E-state index in [-0.39, 0.29) is 0 Å². The van der Waals surface area contributed by atoms with Gasteiger partial charge in [-0.15, -0.1) is 0 Å². The molecule has 6 nitrogen and oxygen atoms in total. The summed E-state index contributed by atoms with van der Waals surface area (Å²) in [5, 5.41) is 4.91. The molecule has 0 saturated heterocycles. The molecule has 3 aromatic rings.